The number of rotatable bonds is 10. The van der Waals surface area contributed by atoms with Crippen LogP contribution in [0.15, 0.2) is 67.1 Å². The van der Waals surface area contributed by atoms with Gasteiger partial charge in [-0.05, 0) is 47.9 Å². The molecule has 0 aliphatic rings. The maximum atomic E-state index is 12.5. The minimum Gasteiger partial charge on any atom is -0.382 e. The van der Waals surface area contributed by atoms with E-state index in [1.54, 1.807) is 42.9 Å². The van der Waals surface area contributed by atoms with E-state index in [4.69, 9.17) is 16.2 Å². The Bertz CT molecular complexity index is 963. The number of nitrogen functional groups attached to an aromatic ring is 1. The summed E-state index contributed by atoms with van der Waals surface area (Å²) in [5.74, 6) is 0.0224. The lowest BCUT2D eigenvalue weighted by atomic mass is 9.97. The average molecular weight is 420 g/mol. The van der Waals surface area contributed by atoms with Gasteiger partial charge in [0.05, 0.1) is 24.4 Å². The highest BCUT2D eigenvalue weighted by atomic mass is 16.5. The third kappa shape index (κ3) is 6.34. The van der Waals surface area contributed by atoms with Crippen LogP contribution in [0, 0.1) is 0 Å². The first-order chi connectivity index (χ1) is 15.1. The molecule has 2 unspecified atom stereocenters. The van der Waals surface area contributed by atoms with Crippen LogP contribution in [0.25, 0.3) is 0 Å². The van der Waals surface area contributed by atoms with Crippen LogP contribution >= 0.6 is 0 Å². The topological polar surface area (TPSA) is 116 Å². The molecule has 0 radical (unpaired) electrons. The van der Waals surface area contributed by atoms with Gasteiger partial charge in [-0.2, -0.15) is 0 Å². The highest BCUT2D eigenvalue weighted by molar-refractivity contribution is 6.05. The van der Waals surface area contributed by atoms with Crippen LogP contribution in [-0.2, 0) is 11.3 Å². The third-order valence-electron chi connectivity index (χ3n) is 5.07. The molecule has 1 aromatic carbocycles. The largest absolute Gasteiger partial charge is 0.382 e. The molecule has 31 heavy (non-hydrogen) atoms. The molecule has 162 valence electrons. The van der Waals surface area contributed by atoms with Crippen molar-refractivity contribution in [2.45, 2.75) is 44.9 Å². The number of nitrogens with one attached hydrogen (secondary N) is 1. The van der Waals surface area contributed by atoms with Crippen molar-refractivity contribution in [1.82, 2.24) is 9.97 Å². The predicted molar refractivity (Wildman–Crippen MR) is 122 cm³/mol. The SMILES string of the molecule is CCCCC(OCc1cccnc1)C(N)c1ccc(C(=O)Nc2cccnc2N)cc1. The van der Waals surface area contributed by atoms with E-state index in [2.05, 4.69) is 22.2 Å². The first kappa shape index (κ1) is 22.4. The molecule has 0 saturated carbocycles. The minimum absolute atomic E-state index is 0.130. The van der Waals surface area contributed by atoms with Crippen molar-refractivity contribution in [3.05, 3.63) is 83.8 Å². The van der Waals surface area contributed by atoms with Gasteiger partial charge in [-0.1, -0.05) is 38.0 Å². The zero-order valence-corrected chi connectivity index (χ0v) is 17.7. The van der Waals surface area contributed by atoms with Crippen molar-refractivity contribution in [1.29, 1.82) is 0 Å². The van der Waals surface area contributed by atoms with Gasteiger partial charge in [-0.25, -0.2) is 4.98 Å². The van der Waals surface area contributed by atoms with E-state index in [-0.39, 0.29) is 23.9 Å². The first-order valence-corrected chi connectivity index (χ1v) is 10.5. The maximum Gasteiger partial charge on any atom is 0.255 e. The number of hydrogen-bond donors (Lipinski definition) is 3. The average Bonchev–Trinajstić information content (AvgIpc) is 2.81. The zero-order valence-electron chi connectivity index (χ0n) is 17.7. The number of nitrogens with two attached hydrogens (primary N) is 2. The fourth-order valence-corrected chi connectivity index (χ4v) is 3.25. The molecular formula is C24H29N5O2. The van der Waals surface area contributed by atoms with E-state index in [0.29, 0.717) is 17.9 Å². The zero-order chi connectivity index (χ0) is 22.1. The summed E-state index contributed by atoms with van der Waals surface area (Å²) < 4.78 is 6.15. The van der Waals surface area contributed by atoms with Gasteiger partial charge in [0, 0.05) is 24.2 Å². The Morgan fingerprint density at radius 2 is 1.90 bits per heavy atom. The standard InChI is InChI=1S/C24H29N5O2/c1-2-3-8-21(31-16-17-6-4-13-27-15-17)22(25)18-9-11-19(12-10-18)24(30)29-20-7-5-14-28-23(20)26/h4-7,9-15,21-22H,2-3,8,16,25H2,1H3,(H2,26,28)(H,29,30). The molecule has 5 N–H and O–H groups in total. The second kappa shape index (κ2) is 11.2. The number of benzene rings is 1. The summed E-state index contributed by atoms with van der Waals surface area (Å²) in [5.41, 5.74) is 15.3. The van der Waals surface area contributed by atoms with Crippen LogP contribution < -0.4 is 16.8 Å². The number of carbonyl (C=O) groups excluding carboxylic acids is 1. The van der Waals surface area contributed by atoms with Gasteiger partial charge in [0.15, 0.2) is 0 Å². The summed E-state index contributed by atoms with van der Waals surface area (Å²) in [6.45, 7) is 2.61. The van der Waals surface area contributed by atoms with Crippen molar-refractivity contribution in [2.75, 3.05) is 11.1 Å². The second-order valence-corrected chi connectivity index (χ2v) is 7.39. The number of carbonyl (C=O) groups is 1. The molecule has 3 rings (SSSR count). The number of amides is 1. The number of pyridine rings is 2. The molecule has 0 spiro atoms. The molecule has 3 aromatic rings. The summed E-state index contributed by atoms with van der Waals surface area (Å²) in [4.78, 5) is 20.6. The van der Waals surface area contributed by atoms with Crippen LogP contribution in [0.1, 0.15) is 53.7 Å². The molecule has 7 heteroatoms. The van der Waals surface area contributed by atoms with Crippen LogP contribution in [-0.4, -0.2) is 22.0 Å². The maximum absolute atomic E-state index is 12.5. The van der Waals surface area contributed by atoms with E-state index in [9.17, 15) is 4.79 Å². The molecule has 0 saturated heterocycles. The van der Waals surface area contributed by atoms with Crippen LogP contribution in [0.4, 0.5) is 11.5 Å². The van der Waals surface area contributed by atoms with Gasteiger partial charge in [-0.3, -0.25) is 9.78 Å². The number of nitrogens with zero attached hydrogens (tertiary/aromatic N) is 2. The number of unbranched alkanes of at least 4 members (excludes halogenated alkanes) is 1. The Labute approximate surface area is 182 Å². The predicted octanol–water partition coefficient (Wildman–Crippen LogP) is 4.09. The van der Waals surface area contributed by atoms with E-state index in [1.165, 1.54) is 0 Å². The van der Waals surface area contributed by atoms with E-state index in [0.717, 1.165) is 30.4 Å². The van der Waals surface area contributed by atoms with Crippen molar-refractivity contribution < 1.29 is 9.53 Å². The Hall–Kier alpha value is -3.29. The molecular weight excluding hydrogens is 390 g/mol. The van der Waals surface area contributed by atoms with Crippen LogP contribution in [0.5, 0.6) is 0 Å². The lowest BCUT2D eigenvalue weighted by Gasteiger charge is -2.25. The fraction of sp³-hybridized carbons (Fsp3) is 0.292. The fourth-order valence-electron chi connectivity index (χ4n) is 3.25. The molecule has 7 nitrogen and oxygen atoms in total. The van der Waals surface area contributed by atoms with Gasteiger partial charge in [0.1, 0.15) is 5.82 Å². The normalized spacial score (nSPS) is 12.8. The van der Waals surface area contributed by atoms with E-state index < -0.39 is 0 Å². The van der Waals surface area contributed by atoms with Gasteiger partial charge >= 0.3 is 0 Å². The molecule has 1 amide bonds. The molecule has 0 bridgehead atoms. The number of ether oxygens (including phenoxy) is 1. The minimum atomic E-state index is -0.297. The van der Waals surface area contributed by atoms with Crippen molar-refractivity contribution in [3.63, 3.8) is 0 Å². The Balaban J connectivity index is 1.66. The van der Waals surface area contributed by atoms with Crippen LogP contribution in [0.2, 0.25) is 0 Å². The summed E-state index contributed by atoms with van der Waals surface area (Å²) in [5, 5.41) is 2.78. The molecule has 0 aliphatic carbocycles. The summed E-state index contributed by atoms with van der Waals surface area (Å²) in [6.07, 6.45) is 7.94. The Morgan fingerprint density at radius 3 is 2.58 bits per heavy atom. The molecule has 0 fully saturated rings. The van der Waals surface area contributed by atoms with E-state index >= 15 is 0 Å². The molecule has 0 aliphatic heterocycles. The monoisotopic (exact) mass is 419 g/mol. The lowest BCUT2D eigenvalue weighted by Crippen LogP contribution is -2.29. The highest BCUT2D eigenvalue weighted by Gasteiger charge is 2.20. The lowest BCUT2D eigenvalue weighted by molar-refractivity contribution is 0.0160. The van der Waals surface area contributed by atoms with Crippen molar-refractivity contribution in [2.24, 2.45) is 5.73 Å². The summed E-state index contributed by atoms with van der Waals surface area (Å²) in [7, 11) is 0. The van der Waals surface area contributed by atoms with Gasteiger partial charge in [0.2, 0.25) is 0 Å². The third-order valence-corrected chi connectivity index (χ3v) is 5.07. The molecule has 2 aromatic heterocycles. The van der Waals surface area contributed by atoms with E-state index in [1.807, 2.05) is 24.3 Å². The summed E-state index contributed by atoms with van der Waals surface area (Å²) in [6, 6.07) is 14.3. The smallest absolute Gasteiger partial charge is 0.255 e. The summed E-state index contributed by atoms with van der Waals surface area (Å²) >= 11 is 0. The van der Waals surface area contributed by atoms with Crippen molar-refractivity contribution >= 4 is 17.4 Å². The second-order valence-electron chi connectivity index (χ2n) is 7.39. The Kier molecular flexibility index (Phi) is 8.09. The molecule has 2 heterocycles. The first-order valence-electron chi connectivity index (χ1n) is 10.5. The van der Waals surface area contributed by atoms with Gasteiger partial charge in [-0.15, -0.1) is 0 Å². The van der Waals surface area contributed by atoms with Crippen LogP contribution in [0.3, 0.4) is 0 Å². The molecule has 2 atom stereocenters. The van der Waals surface area contributed by atoms with Gasteiger partial charge in [0.25, 0.3) is 5.91 Å². The number of anilines is 2. The van der Waals surface area contributed by atoms with Gasteiger partial charge < -0.3 is 21.5 Å². The number of aromatic nitrogens is 2. The van der Waals surface area contributed by atoms with Crippen molar-refractivity contribution in [3.8, 4) is 0 Å². The Morgan fingerprint density at radius 1 is 1.13 bits per heavy atom. The highest BCUT2D eigenvalue weighted by Crippen LogP contribution is 2.23. The number of hydrogen-bond acceptors (Lipinski definition) is 6. The quantitative estimate of drug-likeness (QED) is 0.456.